The van der Waals surface area contributed by atoms with Gasteiger partial charge in [-0.2, -0.15) is 0 Å². The van der Waals surface area contributed by atoms with Crippen LogP contribution in [0.1, 0.15) is 19.4 Å². The van der Waals surface area contributed by atoms with Crippen molar-refractivity contribution in [1.29, 1.82) is 0 Å². The lowest BCUT2D eigenvalue weighted by Crippen LogP contribution is -2.00. The molecule has 0 fully saturated rings. The summed E-state index contributed by atoms with van der Waals surface area (Å²) >= 11 is 0. The number of benzene rings is 1. The number of rotatable bonds is 7. The van der Waals surface area contributed by atoms with Crippen molar-refractivity contribution < 1.29 is 23.7 Å². The number of hydrogen-bond acceptors (Lipinski definition) is 5. The van der Waals surface area contributed by atoms with E-state index in [1.807, 2.05) is 12.1 Å². The Kier molecular flexibility index (Phi) is 7.02. The van der Waals surface area contributed by atoms with Gasteiger partial charge in [-0.3, -0.25) is 0 Å². The molecular weight excluding hydrogens is 284 g/mol. The van der Waals surface area contributed by atoms with Gasteiger partial charge in [-0.25, -0.2) is 4.79 Å². The average Bonchev–Trinajstić information content (AvgIpc) is 2.56. The third-order valence-electron chi connectivity index (χ3n) is 3.10. The molecule has 120 valence electrons. The Morgan fingerprint density at radius 1 is 1.09 bits per heavy atom. The minimum Gasteiger partial charge on any atom is -0.493 e. The van der Waals surface area contributed by atoms with Crippen LogP contribution in [0.4, 0.5) is 0 Å². The van der Waals surface area contributed by atoms with Gasteiger partial charge in [0.15, 0.2) is 11.5 Å². The zero-order valence-corrected chi connectivity index (χ0v) is 13.6. The van der Waals surface area contributed by atoms with Gasteiger partial charge >= 0.3 is 5.97 Å². The first-order valence-electron chi connectivity index (χ1n) is 6.85. The van der Waals surface area contributed by atoms with Crippen LogP contribution in [-0.4, -0.2) is 27.3 Å². The fourth-order valence-electron chi connectivity index (χ4n) is 1.76. The molecule has 0 bridgehead atoms. The van der Waals surface area contributed by atoms with Crippen molar-refractivity contribution >= 4 is 5.97 Å². The maximum atomic E-state index is 11.5. The Morgan fingerprint density at radius 2 is 1.68 bits per heavy atom. The summed E-state index contributed by atoms with van der Waals surface area (Å²) in [7, 11) is 4.69. The standard InChI is InChI=1S/C17H22O5/c1-6-12(2)17(18)22-9-7-8-13-10-14(19-3)16(21-5)15(11-13)20-4/h6-7,9-11H,8H2,1-5H3. The largest absolute Gasteiger partial charge is 0.493 e. The average molecular weight is 306 g/mol. The summed E-state index contributed by atoms with van der Waals surface area (Å²) in [6.07, 6.45) is 5.41. The van der Waals surface area contributed by atoms with Gasteiger partial charge in [0.1, 0.15) is 0 Å². The van der Waals surface area contributed by atoms with Gasteiger partial charge in [0, 0.05) is 5.57 Å². The fraction of sp³-hybridized carbons (Fsp3) is 0.353. The first kappa shape index (κ1) is 17.6. The van der Waals surface area contributed by atoms with Crippen LogP contribution in [0.15, 0.2) is 36.1 Å². The molecule has 1 aromatic rings. The van der Waals surface area contributed by atoms with Crippen LogP contribution in [0.5, 0.6) is 17.2 Å². The minimum atomic E-state index is -0.358. The second-order valence-corrected chi connectivity index (χ2v) is 4.49. The van der Waals surface area contributed by atoms with E-state index in [0.29, 0.717) is 29.2 Å². The zero-order chi connectivity index (χ0) is 16.5. The summed E-state index contributed by atoms with van der Waals surface area (Å²) in [6.45, 7) is 3.49. The van der Waals surface area contributed by atoms with Gasteiger partial charge in [-0.05, 0) is 44.0 Å². The Morgan fingerprint density at radius 3 is 2.14 bits per heavy atom. The van der Waals surface area contributed by atoms with E-state index in [2.05, 4.69) is 0 Å². The molecule has 1 aromatic carbocycles. The summed E-state index contributed by atoms with van der Waals surface area (Å²) in [5.74, 6) is 1.37. The van der Waals surface area contributed by atoms with Gasteiger partial charge in [0.05, 0.1) is 27.6 Å². The van der Waals surface area contributed by atoms with Crippen LogP contribution < -0.4 is 14.2 Å². The van der Waals surface area contributed by atoms with Gasteiger partial charge < -0.3 is 18.9 Å². The molecule has 1 rings (SSSR count). The quantitative estimate of drug-likeness (QED) is 0.439. The molecule has 0 aliphatic rings. The predicted octanol–water partition coefficient (Wildman–Crippen LogP) is 3.28. The third kappa shape index (κ3) is 4.55. The summed E-state index contributed by atoms with van der Waals surface area (Å²) in [5, 5.41) is 0. The van der Waals surface area contributed by atoms with Crippen molar-refractivity contribution in [2.45, 2.75) is 20.3 Å². The van der Waals surface area contributed by atoms with Crippen molar-refractivity contribution in [3.63, 3.8) is 0 Å². The van der Waals surface area contributed by atoms with Gasteiger partial charge in [0.2, 0.25) is 5.75 Å². The molecule has 22 heavy (non-hydrogen) atoms. The third-order valence-corrected chi connectivity index (χ3v) is 3.10. The molecule has 0 aliphatic carbocycles. The molecule has 0 spiro atoms. The molecule has 0 amide bonds. The van der Waals surface area contributed by atoms with Crippen molar-refractivity contribution in [3.8, 4) is 17.2 Å². The number of ether oxygens (including phenoxy) is 4. The van der Waals surface area contributed by atoms with Crippen molar-refractivity contribution in [2.24, 2.45) is 0 Å². The van der Waals surface area contributed by atoms with Gasteiger partial charge in [0.25, 0.3) is 0 Å². The van der Waals surface area contributed by atoms with E-state index in [1.165, 1.54) is 6.26 Å². The van der Waals surface area contributed by atoms with E-state index >= 15 is 0 Å². The minimum absolute atomic E-state index is 0.358. The molecule has 0 atom stereocenters. The van der Waals surface area contributed by atoms with Crippen molar-refractivity contribution in [3.05, 3.63) is 41.7 Å². The smallest absolute Gasteiger partial charge is 0.338 e. The van der Waals surface area contributed by atoms with Crippen LogP contribution in [0, 0.1) is 0 Å². The number of hydrogen-bond donors (Lipinski definition) is 0. The lowest BCUT2D eigenvalue weighted by atomic mass is 10.1. The highest BCUT2D eigenvalue weighted by Gasteiger charge is 2.12. The first-order valence-corrected chi connectivity index (χ1v) is 6.85. The summed E-state index contributed by atoms with van der Waals surface area (Å²) in [5.41, 5.74) is 1.52. The Hall–Kier alpha value is -2.43. The van der Waals surface area contributed by atoms with Crippen molar-refractivity contribution in [1.82, 2.24) is 0 Å². The molecular formula is C17H22O5. The van der Waals surface area contributed by atoms with Crippen LogP contribution in [-0.2, 0) is 16.0 Å². The molecule has 0 N–H and O–H groups in total. The van der Waals surface area contributed by atoms with Crippen LogP contribution in [0.2, 0.25) is 0 Å². The molecule has 0 aliphatic heterocycles. The number of allylic oxidation sites excluding steroid dienone is 2. The Balaban J connectivity index is 2.80. The molecule has 0 saturated heterocycles. The van der Waals surface area contributed by atoms with Crippen LogP contribution in [0.3, 0.4) is 0 Å². The maximum Gasteiger partial charge on any atom is 0.338 e. The van der Waals surface area contributed by atoms with E-state index in [0.717, 1.165) is 5.56 Å². The molecule has 0 saturated carbocycles. The number of methoxy groups -OCH3 is 3. The number of carbonyl (C=O) groups excluding carboxylic acids is 1. The lowest BCUT2D eigenvalue weighted by Gasteiger charge is -2.13. The van der Waals surface area contributed by atoms with E-state index in [-0.39, 0.29) is 5.97 Å². The van der Waals surface area contributed by atoms with E-state index in [9.17, 15) is 4.79 Å². The second kappa shape index (κ2) is 8.77. The second-order valence-electron chi connectivity index (χ2n) is 4.49. The highest BCUT2D eigenvalue weighted by molar-refractivity contribution is 5.87. The SMILES string of the molecule is CC=C(C)C(=O)OC=CCc1cc(OC)c(OC)c(OC)c1. The highest BCUT2D eigenvalue weighted by atomic mass is 16.5. The monoisotopic (exact) mass is 306 g/mol. The lowest BCUT2D eigenvalue weighted by molar-refractivity contribution is -0.133. The zero-order valence-electron chi connectivity index (χ0n) is 13.6. The topological polar surface area (TPSA) is 54.0 Å². The predicted molar refractivity (Wildman–Crippen MR) is 84.5 cm³/mol. The van der Waals surface area contributed by atoms with E-state index in [4.69, 9.17) is 18.9 Å². The fourth-order valence-corrected chi connectivity index (χ4v) is 1.76. The first-order chi connectivity index (χ1) is 10.6. The molecule has 0 heterocycles. The van der Waals surface area contributed by atoms with Crippen molar-refractivity contribution in [2.75, 3.05) is 21.3 Å². The molecule has 0 unspecified atom stereocenters. The van der Waals surface area contributed by atoms with Gasteiger partial charge in [-0.15, -0.1) is 0 Å². The van der Waals surface area contributed by atoms with E-state index < -0.39 is 0 Å². The highest BCUT2D eigenvalue weighted by Crippen LogP contribution is 2.38. The summed E-state index contributed by atoms with van der Waals surface area (Å²) in [6, 6.07) is 3.70. The maximum absolute atomic E-state index is 11.5. The molecule has 5 heteroatoms. The van der Waals surface area contributed by atoms with Crippen LogP contribution >= 0.6 is 0 Å². The van der Waals surface area contributed by atoms with E-state index in [1.54, 1.807) is 47.3 Å². The Labute approximate surface area is 131 Å². The Bertz CT molecular complexity index is 547. The van der Waals surface area contributed by atoms with Crippen LogP contribution in [0.25, 0.3) is 0 Å². The normalized spacial score (nSPS) is 11.4. The molecule has 0 aromatic heterocycles. The molecule has 5 nitrogen and oxygen atoms in total. The number of carbonyl (C=O) groups is 1. The summed E-state index contributed by atoms with van der Waals surface area (Å²) in [4.78, 5) is 11.5. The summed E-state index contributed by atoms with van der Waals surface area (Å²) < 4.78 is 20.8. The molecule has 0 radical (unpaired) electrons. The van der Waals surface area contributed by atoms with Gasteiger partial charge in [-0.1, -0.05) is 6.08 Å². The number of esters is 1.